The van der Waals surface area contributed by atoms with E-state index in [0.29, 0.717) is 11.5 Å². The first-order valence-electron chi connectivity index (χ1n) is 5.68. The smallest absolute Gasteiger partial charge is 0.180 e. The fourth-order valence-corrected chi connectivity index (χ4v) is 2.35. The minimum Gasteiger partial charge on any atom is -0.493 e. The van der Waals surface area contributed by atoms with Crippen LogP contribution in [0.3, 0.4) is 0 Å². The van der Waals surface area contributed by atoms with Crippen LogP contribution in [0.1, 0.15) is 22.3 Å². The van der Waals surface area contributed by atoms with Crippen LogP contribution in [0.5, 0.6) is 11.5 Å². The number of hydrogen-bond donors (Lipinski definition) is 1. The summed E-state index contributed by atoms with van der Waals surface area (Å²) in [5, 5.41) is 3.04. The number of halogens is 1. The molecule has 1 aromatic carbocycles. The van der Waals surface area contributed by atoms with E-state index >= 15 is 0 Å². The van der Waals surface area contributed by atoms with Crippen molar-refractivity contribution in [2.24, 2.45) is 0 Å². The van der Waals surface area contributed by atoms with Crippen LogP contribution >= 0.6 is 12.4 Å². The molecule has 1 aliphatic rings. The number of benzene rings is 1. The number of carbonyl (C=O) groups excluding carboxylic acids is 1. The van der Waals surface area contributed by atoms with Crippen molar-refractivity contribution >= 4 is 18.2 Å². The lowest BCUT2D eigenvalue weighted by molar-refractivity contribution is 0.0932. The number of carbonyl (C=O) groups is 1. The van der Waals surface area contributed by atoms with Gasteiger partial charge >= 0.3 is 0 Å². The van der Waals surface area contributed by atoms with Crippen molar-refractivity contribution in [1.29, 1.82) is 0 Å². The van der Waals surface area contributed by atoms with Gasteiger partial charge in [-0.05, 0) is 32.0 Å². The Morgan fingerprint density at radius 1 is 1.28 bits per heavy atom. The first-order chi connectivity index (χ1) is 8.22. The van der Waals surface area contributed by atoms with Gasteiger partial charge in [0.1, 0.15) is 0 Å². The van der Waals surface area contributed by atoms with Crippen LogP contribution in [0.25, 0.3) is 0 Å². The Balaban J connectivity index is 0.00000162. The summed E-state index contributed by atoms with van der Waals surface area (Å²) in [6.45, 7) is 0. The number of nitrogens with one attached hydrogen (secondary N) is 1. The molecule has 1 aromatic rings. The van der Waals surface area contributed by atoms with Crippen LogP contribution in [-0.2, 0) is 6.42 Å². The van der Waals surface area contributed by atoms with Crippen molar-refractivity contribution in [3.8, 4) is 11.5 Å². The van der Waals surface area contributed by atoms with E-state index < -0.39 is 0 Å². The van der Waals surface area contributed by atoms with Crippen molar-refractivity contribution in [3.63, 3.8) is 0 Å². The molecule has 0 saturated carbocycles. The highest BCUT2D eigenvalue weighted by atomic mass is 35.5. The molecule has 18 heavy (non-hydrogen) atoms. The quantitative estimate of drug-likeness (QED) is 0.911. The van der Waals surface area contributed by atoms with Crippen LogP contribution in [0.15, 0.2) is 12.1 Å². The number of hydrogen-bond acceptors (Lipinski definition) is 4. The van der Waals surface area contributed by atoms with E-state index in [0.717, 1.165) is 24.0 Å². The molecule has 1 aliphatic carbocycles. The molecule has 1 N–H and O–H groups in total. The molecule has 0 bridgehead atoms. The van der Waals surface area contributed by atoms with Crippen LogP contribution in [0.2, 0.25) is 0 Å². The summed E-state index contributed by atoms with van der Waals surface area (Å²) in [4.78, 5) is 12.2. The van der Waals surface area contributed by atoms with Crippen molar-refractivity contribution < 1.29 is 14.3 Å². The number of rotatable bonds is 3. The lowest BCUT2D eigenvalue weighted by Crippen LogP contribution is -2.38. The fraction of sp³-hybridized carbons (Fsp3) is 0.462. The Kier molecular flexibility index (Phi) is 4.99. The molecule has 0 heterocycles. The van der Waals surface area contributed by atoms with Gasteiger partial charge in [-0.25, -0.2) is 0 Å². The highest BCUT2D eigenvalue weighted by molar-refractivity contribution is 6.03. The maximum atomic E-state index is 12.2. The summed E-state index contributed by atoms with van der Waals surface area (Å²) < 4.78 is 10.6. The molecular formula is C13H18ClNO3. The second-order valence-electron chi connectivity index (χ2n) is 4.07. The third kappa shape index (κ3) is 2.31. The molecule has 0 amide bonds. The Morgan fingerprint density at radius 3 is 2.56 bits per heavy atom. The summed E-state index contributed by atoms with van der Waals surface area (Å²) in [5.41, 5.74) is 1.71. The Bertz CT molecular complexity index is 448. The van der Waals surface area contributed by atoms with Gasteiger partial charge in [-0.2, -0.15) is 0 Å². The number of fused-ring (bicyclic) bond motifs is 1. The van der Waals surface area contributed by atoms with Gasteiger partial charge in [-0.3, -0.25) is 4.79 Å². The third-order valence-corrected chi connectivity index (χ3v) is 3.26. The Hall–Kier alpha value is -1.26. The van der Waals surface area contributed by atoms with Crippen molar-refractivity contribution in [1.82, 2.24) is 5.32 Å². The second kappa shape index (κ2) is 6.07. The lowest BCUT2D eigenvalue weighted by Gasteiger charge is -2.25. The van der Waals surface area contributed by atoms with Crippen LogP contribution in [0, 0.1) is 0 Å². The minimum atomic E-state index is -0.0828. The zero-order chi connectivity index (χ0) is 12.4. The van der Waals surface area contributed by atoms with Crippen molar-refractivity contribution in [3.05, 3.63) is 23.3 Å². The van der Waals surface area contributed by atoms with Crippen molar-refractivity contribution in [2.75, 3.05) is 21.3 Å². The average molecular weight is 272 g/mol. The summed E-state index contributed by atoms with van der Waals surface area (Å²) in [6, 6.07) is 3.52. The zero-order valence-electron chi connectivity index (χ0n) is 10.8. The van der Waals surface area contributed by atoms with Gasteiger partial charge in [0.15, 0.2) is 17.3 Å². The van der Waals surface area contributed by atoms with Crippen LogP contribution in [-0.4, -0.2) is 33.1 Å². The molecule has 100 valence electrons. The van der Waals surface area contributed by atoms with Crippen molar-refractivity contribution in [2.45, 2.75) is 18.9 Å². The van der Waals surface area contributed by atoms with E-state index in [1.807, 2.05) is 13.1 Å². The maximum absolute atomic E-state index is 12.2. The predicted molar refractivity (Wildman–Crippen MR) is 72.3 cm³/mol. The first kappa shape index (κ1) is 14.8. The van der Waals surface area contributed by atoms with Gasteiger partial charge in [0.25, 0.3) is 0 Å². The van der Waals surface area contributed by atoms with E-state index in [-0.39, 0.29) is 24.2 Å². The molecule has 1 atom stereocenters. The number of ether oxygens (including phenoxy) is 2. The molecule has 1 unspecified atom stereocenters. The van der Waals surface area contributed by atoms with Gasteiger partial charge < -0.3 is 14.8 Å². The average Bonchev–Trinajstić information content (AvgIpc) is 2.37. The predicted octanol–water partition coefficient (Wildman–Crippen LogP) is 1.84. The largest absolute Gasteiger partial charge is 0.493 e. The van der Waals surface area contributed by atoms with E-state index in [1.165, 1.54) is 0 Å². The third-order valence-electron chi connectivity index (χ3n) is 3.26. The van der Waals surface area contributed by atoms with Gasteiger partial charge in [0.2, 0.25) is 0 Å². The molecule has 0 aliphatic heterocycles. The van der Waals surface area contributed by atoms with Gasteiger partial charge in [0.05, 0.1) is 20.3 Å². The molecule has 2 rings (SSSR count). The summed E-state index contributed by atoms with van der Waals surface area (Å²) in [5.74, 6) is 1.50. The summed E-state index contributed by atoms with van der Waals surface area (Å²) in [7, 11) is 5.02. The fourth-order valence-electron chi connectivity index (χ4n) is 2.35. The topological polar surface area (TPSA) is 47.6 Å². The normalized spacial score (nSPS) is 17.7. The van der Waals surface area contributed by atoms with Gasteiger partial charge in [-0.15, -0.1) is 12.4 Å². The van der Waals surface area contributed by atoms with E-state index in [9.17, 15) is 4.79 Å². The SMILES string of the molecule is CNC1CCc2c(ccc(OC)c2OC)C1=O.Cl. The summed E-state index contributed by atoms with van der Waals surface area (Å²) in [6.07, 6.45) is 1.62. The van der Waals surface area contributed by atoms with E-state index in [2.05, 4.69) is 5.32 Å². The van der Waals surface area contributed by atoms with Crippen LogP contribution < -0.4 is 14.8 Å². The van der Waals surface area contributed by atoms with Gasteiger partial charge in [-0.1, -0.05) is 0 Å². The molecule has 0 aromatic heterocycles. The number of likely N-dealkylation sites (N-methyl/N-ethyl adjacent to an activating group) is 1. The highest BCUT2D eigenvalue weighted by Gasteiger charge is 2.29. The summed E-state index contributed by atoms with van der Waals surface area (Å²) >= 11 is 0. The van der Waals surface area contributed by atoms with E-state index in [1.54, 1.807) is 20.3 Å². The molecule has 0 saturated heterocycles. The molecule has 0 spiro atoms. The zero-order valence-corrected chi connectivity index (χ0v) is 11.6. The monoisotopic (exact) mass is 271 g/mol. The van der Waals surface area contributed by atoms with Gasteiger partial charge in [0, 0.05) is 11.1 Å². The maximum Gasteiger partial charge on any atom is 0.180 e. The second-order valence-corrected chi connectivity index (χ2v) is 4.07. The number of methoxy groups -OCH3 is 2. The molecule has 0 fully saturated rings. The molecule has 4 nitrogen and oxygen atoms in total. The molecular weight excluding hydrogens is 254 g/mol. The Morgan fingerprint density at radius 2 is 2.00 bits per heavy atom. The molecule has 5 heteroatoms. The number of Topliss-reactive ketones (excluding diaryl/α,β-unsaturated/α-hetero) is 1. The number of ketones is 1. The Labute approximate surface area is 113 Å². The van der Waals surface area contributed by atoms with Crippen LogP contribution in [0.4, 0.5) is 0 Å². The highest BCUT2D eigenvalue weighted by Crippen LogP contribution is 2.37. The lowest BCUT2D eigenvalue weighted by atomic mass is 9.86. The first-order valence-corrected chi connectivity index (χ1v) is 5.68. The van der Waals surface area contributed by atoms with E-state index in [4.69, 9.17) is 9.47 Å². The molecule has 0 radical (unpaired) electrons. The minimum absolute atomic E-state index is 0. The standard InChI is InChI=1S/C13H17NO3.ClH/c1-14-10-6-4-9-8(12(10)15)5-7-11(16-2)13(9)17-3;/h5,7,10,14H,4,6H2,1-3H3;1H.